The molecule has 0 aliphatic rings. The number of rotatable bonds is 2. The Morgan fingerprint density at radius 2 is 1.71 bits per heavy atom. The molecule has 0 saturated carbocycles. The maximum Gasteiger partial charge on any atom is 0.328 e. The Balaban J connectivity index is 0.000000686. The van der Waals surface area contributed by atoms with Gasteiger partial charge in [0.1, 0.15) is 0 Å². The molecule has 2 aromatic rings. The van der Waals surface area contributed by atoms with Gasteiger partial charge in [0.05, 0.1) is 6.54 Å². The minimum absolute atomic E-state index is 0.371. The Hall–Kier alpha value is -2.36. The van der Waals surface area contributed by atoms with E-state index in [1.54, 1.807) is 0 Å². The van der Waals surface area contributed by atoms with Crippen LogP contribution in [0.4, 0.5) is 0 Å². The maximum absolute atomic E-state index is 11.4. The van der Waals surface area contributed by atoms with Gasteiger partial charge in [0, 0.05) is 12.3 Å². The Morgan fingerprint density at radius 1 is 1.06 bits per heavy atom. The molecule has 0 spiro atoms. The van der Waals surface area contributed by atoms with Crippen molar-refractivity contribution in [2.45, 2.75) is 6.54 Å². The number of aromatic amines is 1. The van der Waals surface area contributed by atoms with Crippen LogP contribution < -0.4 is 11.2 Å². The Kier molecular flexibility index (Phi) is 4.69. The summed E-state index contributed by atoms with van der Waals surface area (Å²) in [6, 6.07) is 10.9. The summed E-state index contributed by atoms with van der Waals surface area (Å²) in [5, 5.41) is 0. The molecule has 0 aliphatic heterocycles. The summed E-state index contributed by atoms with van der Waals surface area (Å²) < 4.78 is 1.46. The lowest BCUT2D eigenvalue weighted by Gasteiger charge is -2.03. The number of benzene rings is 1. The molecule has 88 valence electrons. The summed E-state index contributed by atoms with van der Waals surface area (Å²) in [5.41, 5.74) is 0.266. The van der Waals surface area contributed by atoms with E-state index in [1.807, 2.05) is 30.3 Å². The van der Waals surface area contributed by atoms with Crippen molar-refractivity contribution >= 4 is 0 Å². The number of nitrogens with one attached hydrogen (secondary N) is 1. The number of hydrogen-bond donors (Lipinski definition) is 1. The van der Waals surface area contributed by atoms with Crippen molar-refractivity contribution in [3.63, 3.8) is 0 Å². The summed E-state index contributed by atoms with van der Waals surface area (Å²) in [7, 11) is 0. The highest BCUT2D eigenvalue weighted by atomic mass is 16.2. The van der Waals surface area contributed by atoms with Crippen molar-refractivity contribution in [1.29, 1.82) is 0 Å². The number of nitrogens with zero attached hydrogens (tertiary/aromatic N) is 1. The first kappa shape index (κ1) is 12.7. The number of H-pyrrole nitrogens is 1. The lowest BCUT2D eigenvalue weighted by Crippen LogP contribution is -2.28. The molecule has 0 bridgehead atoms. The fourth-order valence-corrected chi connectivity index (χ4v) is 1.35. The van der Waals surface area contributed by atoms with Gasteiger partial charge in [-0.3, -0.25) is 14.3 Å². The first-order valence-corrected chi connectivity index (χ1v) is 5.09. The van der Waals surface area contributed by atoms with Crippen LogP contribution in [0.1, 0.15) is 5.56 Å². The first-order valence-electron chi connectivity index (χ1n) is 5.09. The molecule has 1 heterocycles. The van der Waals surface area contributed by atoms with Crippen LogP contribution in [0.25, 0.3) is 0 Å². The van der Waals surface area contributed by atoms with Gasteiger partial charge in [0.15, 0.2) is 0 Å². The molecule has 0 aliphatic carbocycles. The third-order valence-electron chi connectivity index (χ3n) is 2.09. The predicted octanol–water partition coefficient (Wildman–Crippen LogP) is 1.39. The van der Waals surface area contributed by atoms with Crippen LogP contribution in [0, 0.1) is 0 Å². The monoisotopic (exact) mass is 230 g/mol. The summed E-state index contributed by atoms with van der Waals surface area (Å²) in [5.74, 6) is 0. The second-order valence-electron chi connectivity index (χ2n) is 3.22. The molecule has 0 fully saturated rings. The zero-order chi connectivity index (χ0) is 12.7. The van der Waals surface area contributed by atoms with E-state index in [0.717, 1.165) is 5.56 Å². The average Bonchev–Trinajstić information content (AvgIpc) is 2.37. The fraction of sp³-hybridized carbons (Fsp3) is 0.0769. The molecule has 2 rings (SSSR count). The van der Waals surface area contributed by atoms with Crippen LogP contribution in [0.3, 0.4) is 0 Å². The zero-order valence-corrected chi connectivity index (χ0v) is 9.43. The topological polar surface area (TPSA) is 54.9 Å². The Labute approximate surface area is 98.9 Å². The molecule has 1 aromatic carbocycles. The van der Waals surface area contributed by atoms with Gasteiger partial charge in [-0.2, -0.15) is 0 Å². The zero-order valence-electron chi connectivity index (χ0n) is 9.43. The van der Waals surface area contributed by atoms with Crippen molar-refractivity contribution in [1.82, 2.24) is 9.55 Å². The third kappa shape index (κ3) is 3.61. The number of hydrogen-bond acceptors (Lipinski definition) is 2. The highest BCUT2D eigenvalue weighted by Crippen LogP contribution is 1.98. The van der Waals surface area contributed by atoms with Crippen molar-refractivity contribution in [2.24, 2.45) is 0 Å². The van der Waals surface area contributed by atoms with Crippen LogP contribution >= 0.6 is 0 Å². The van der Waals surface area contributed by atoms with Gasteiger partial charge >= 0.3 is 5.69 Å². The quantitative estimate of drug-likeness (QED) is 0.792. The first-order chi connectivity index (χ1) is 8.25. The molecule has 4 heteroatoms. The van der Waals surface area contributed by atoms with Gasteiger partial charge < -0.3 is 0 Å². The van der Waals surface area contributed by atoms with Crippen molar-refractivity contribution in [3.8, 4) is 0 Å². The minimum atomic E-state index is -0.383. The largest absolute Gasteiger partial charge is 0.328 e. The van der Waals surface area contributed by atoms with Crippen LogP contribution in [0.5, 0.6) is 0 Å². The molecule has 1 N–H and O–H groups in total. The molecule has 0 unspecified atom stereocenters. The second kappa shape index (κ2) is 6.27. The molecular formula is C13H14N2O2. The molecular weight excluding hydrogens is 216 g/mol. The van der Waals surface area contributed by atoms with Crippen LogP contribution in [-0.2, 0) is 6.54 Å². The van der Waals surface area contributed by atoms with Crippen LogP contribution in [0.2, 0.25) is 0 Å². The van der Waals surface area contributed by atoms with E-state index < -0.39 is 0 Å². The van der Waals surface area contributed by atoms with Gasteiger partial charge in [0.2, 0.25) is 0 Å². The molecule has 1 aromatic heterocycles. The Morgan fingerprint density at radius 3 is 2.29 bits per heavy atom. The molecule has 0 amide bonds. The second-order valence-corrected chi connectivity index (χ2v) is 3.22. The maximum atomic E-state index is 11.4. The lowest BCUT2D eigenvalue weighted by atomic mass is 10.2. The molecule has 0 atom stereocenters. The van der Waals surface area contributed by atoms with E-state index in [9.17, 15) is 9.59 Å². The van der Waals surface area contributed by atoms with Crippen molar-refractivity contribution in [3.05, 3.63) is 82.2 Å². The van der Waals surface area contributed by atoms with Crippen LogP contribution in [0.15, 0.2) is 65.3 Å². The van der Waals surface area contributed by atoms with Gasteiger partial charge in [-0.05, 0) is 5.56 Å². The highest BCUT2D eigenvalue weighted by Gasteiger charge is 1.97. The smallest absolute Gasteiger partial charge is 0.296 e. The molecule has 0 radical (unpaired) electrons. The number of aromatic nitrogens is 2. The van der Waals surface area contributed by atoms with Crippen molar-refractivity contribution < 1.29 is 0 Å². The van der Waals surface area contributed by atoms with Crippen molar-refractivity contribution in [2.75, 3.05) is 0 Å². The normalized spacial score (nSPS) is 9.18. The van der Waals surface area contributed by atoms with E-state index in [4.69, 9.17) is 0 Å². The van der Waals surface area contributed by atoms with E-state index in [-0.39, 0.29) is 11.2 Å². The van der Waals surface area contributed by atoms with Gasteiger partial charge in [-0.1, -0.05) is 30.3 Å². The molecule has 0 saturated heterocycles. The van der Waals surface area contributed by atoms with Crippen LogP contribution in [-0.4, -0.2) is 9.55 Å². The minimum Gasteiger partial charge on any atom is -0.296 e. The van der Waals surface area contributed by atoms with E-state index in [2.05, 4.69) is 18.1 Å². The molecule has 17 heavy (non-hydrogen) atoms. The van der Waals surface area contributed by atoms with E-state index >= 15 is 0 Å². The SMILES string of the molecule is C=C.O=c1ccn(Cc2ccccc2)c(=O)[nH]1. The highest BCUT2D eigenvalue weighted by molar-refractivity contribution is 5.14. The summed E-state index contributed by atoms with van der Waals surface area (Å²) in [6.07, 6.45) is 1.49. The lowest BCUT2D eigenvalue weighted by molar-refractivity contribution is 0.720. The third-order valence-corrected chi connectivity index (χ3v) is 2.09. The standard InChI is InChI=1S/C11H10N2O2.C2H4/c14-10-6-7-13(11(15)12-10)8-9-4-2-1-3-5-9;1-2/h1-7H,8H2,(H,12,14,15);1-2H2. The predicted molar refractivity (Wildman–Crippen MR) is 68.1 cm³/mol. The summed E-state index contributed by atoms with van der Waals surface area (Å²) in [4.78, 5) is 24.4. The van der Waals surface area contributed by atoms with Gasteiger partial charge in [-0.15, -0.1) is 13.2 Å². The summed E-state index contributed by atoms with van der Waals surface area (Å²) >= 11 is 0. The summed E-state index contributed by atoms with van der Waals surface area (Å²) in [6.45, 7) is 6.47. The Bertz CT molecular complexity index is 570. The van der Waals surface area contributed by atoms with E-state index in [0.29, 0.717) is 6.54 Å². The van der Waals surface area contributed by atoms with E-state index in [1.165, 1.54) is 16.8 Å². The molecule has 4 nitrogen and oxygen atoms in total. The average molecular weight is 230 g/mol. The fourth-order valence-electron chi connectivity index (χ4n) is 1.35. The van der Waals surface area contributed by atoms with Gasteiger partial charge in [0.25, 0.3) is 5.56 Å². The van der Waals surface area contributed by atoms with Gasteiger partial charge in [-0.25, -0.2) is 4.79 Å².